The molecule has 1 fully saturated rings. The van der Waals surface area contributed by atoms with Crippen molar-refractivity contribution in [1.82, 2.24) is 4.31 Å². The third kappa shape index (κ3) is 2.97. The zero-order chi connectivity index (χ0) is 14.8. The highest BCUT2D eigenvalue weighted by Crippen LogP contribution is 2.24. The van der Waals surface area contributed by atoms with E-state index in [1.165, 1.54) is 4.31 Å². The summed E-state index contributed by atoms with van der Waals surface area (Å²) >= 11 is 0. The summed E-state index contributed by atoms with van der Waals surface area (Å²) in [5, 5.41) is 0. The number of methoxy groups -OCH3 is 1. The summed E-state index contributed by atoms with van der Waals surface area (Å²) in [4.78, 5) is 0.268. The lowest BCUT2D eigenvalue weighted by Crippen LogP contribution is -2.42. The van der Waals surface area contributed by atoms with Crippen LogP contribution in [0.1, 0.15) is 25.3 Å². The van der Waals surface area contributed by atoms with Crippen molar-refractivity contribution in [2.24, 2.45) is 0 Å². The molecule has 1 aliphatic heterocycles. The van der Waals surface area contributed by atoms with E-state index in [-0.39, 0.29) is 11.0 Å². The highest BCUT2D eigenvalue weighted by Gasteiger charge is 2.30. The first-order valence-electron chi connectivity index (χ1n) is 6.90. The van der Waals surface area contributed by atoms with Gasteiger partial charge in [-0.15, -0.1) is 0 Å². The standard InChI is InChI=1S/C14H22N2O3S/c1-3-11-6-7-13(9-14(11)15)20(17,18)16-8-4-5-12(10-16)19-2/h6-7,9,12H,3-5,8,10,15H2,1-2H3. The van der Waals surface area contributed by atoms with Gasteiger partial charge in [-0.1, -0.05) is 13.0 Å². The van der Waals surface area contributed by atoms with Crippen LogP contribution >= 0.6 is 0 Å². The molecule has 112 valence electrons. The SMILES string of the molecule is CCc1ccc(S(=O)(=O)N2CCCC(OC)C2)cc1N. The zero-order valence-corrected chi connectivity index (χ0v) is 12.8. The van der Waals surface area contributed by atoms with Crippen molar-refractivity contribution in [2.75, 3.05) is 25.9 Å². The van der Waals surface area contributed by atoms with Gasteiger partial charge in [0.15, 0.2) is 0 Å². The zero-order valence-electron chi connectivity index (χ0n) is 12.0. The maximum absolute atomic E-state index is 12.6. The molecule has 1 atom stereocenters. The van der Waals surface area contributed by atoms with Gasteiger partial charge in [0.05, 0.1) is 11.0 Å². The lowest BCUT2D eigenvalue weighted by Gasteiger charge is -2.31. The van der Waals surface area contributed by atoms with E-state index in [1.54, 1.807) is 25.3 Å². The molecule has 1 aromatic carbocycles. The summed E-state index contributed by atoms with van der Waals surface area (Å²) in [5.41, 5.74) is 7.41. The first kappa shape index (κ1) is 15.3. The van der Waals surface area contributed by atoms with Crippen LogP contribution in [0, 0.1) is 0 Å². The fraction of sp³-hybridized carbons (Fsp3) is 0.571. The van der Waals surface area contributed by atoms with E-state index in [0.29, 0.717) is 18.8 Å². The van der Waals surface area contributed by atoms with Crippen molar-refractivity contribution >= 4 is 15.7 Å². The number of nitrogens with two attached hydrogens (primary N) is 1. The average Bonchev–Trinajstić information content (AvgIpc) is 2.47. The van der Waals surface area contributed by atoms with Crippen molar-refractivity contribution in [3.05, 3.63) is 23.8 Å². The van der Waals surface area contributed by atoms with Crippen LogP contribution in [0.25, 0.3) is 0 Å². The van der Waals surface area contributed by atoms with Crippen LogP contribution in [0.4, 0.5) is 5.69 Å². The maximum atomic E-state index is 12.6. The first-order chi connectivity index (χ1) is 9.48. The monoisotopic (exact) mass is 298 g/mol. The Bertz CT molecular complexity index is 572. The normalized spacial score (nSPS) is 21.0. The van der Waals surface area contributed by atoms with Crippen LogP contribution in [0.2, 0.25) is 0 Å². The topological polar surface area (TPSA) is 72.6 Å². The van der Waals surface area contributed by atoms with Gasteiger partial charge in [-0.25, -0.2) is 8.42 Å². The second-order valence-corrected chi connectivity index (χ2v) is 7.02. The Morgan fingerprint density at radius 3 is 2.80 bits per heavy atom. The number of anilines is 1. The molecule has 0 amide bonds. The molecule has 5 nitrogen and oxygen atoms in total. The number of nitrogen functional groups attached to an aromatic ring is 1. The predicted octanol–water partition coefficient (Wildman–Crippen LogP) is 1.63. The van der Waals surface area contributed by atoms with Crippen molar-refractivity contribution < 1.29 is 13.2 Å². The van der Waals surface area contributed by atoms with Gasteiger partial charge in [-0.2, -0.15) is 4.31 Å². The van der Waals surface area contributed by atoms with Crippen LogP contribution in [0.3, 0.4) is 0 Å². The summed E-state index contributed by atoms with van der Waals surface area (Å²) in [6, 6.07) is 4.99. The number of piperidine rings is 1. The number of benzene rings is 1. The molecule has 6 heteroatoms. The fourth-order valence-electron chi connectivity index (χ4n) is 2.52. The van der Waals surface area contributed by atoms with Crippen molar-refractivity contribution in [3.8, 4) is 0 Å². The molecule has 1 saturated heterocycles. The molecule has 1 heterocycles. The van der Waals surface area contributed by atoms with Gasteiger partial charge in [0.2, 0.25) is 10.0 Å². The molecule has 1 unspecified atom stereocenters. The van der Waals surface area contributed by atoms with Crippen LogP contribution in [0.5, 0.6) is 0 Å². The van der Waals surface area contributed by atoms with Crippen LogP contribution in [-0.2, 0) is 21.2 Å². The van der Waals surface area contributed by atoms with Gasteiger partial charge in [-0.3, -0.25) is 0 Å². The number of sulfonamides is 1. The molecule has 0 aromatic heterocycles. The molecule has 0 bridgehead atoms. The van der Waals surface area contributed by atoms with E-state index < -0.39 is 10.0 Å². The van der Waals surface area contributed by atoms with Gasteiger partial charge in [-0.05, 0) is 37.0 Å². The summed E-state index contributed by atoms with van der Waals surface area (Å²) in [6.07, 6.45) is 2.49. The second kappa shape index (κ2) is 6.11. The fourth-order valence-corrected chi connectivity index (χ4v) is 4.07. The van der Waals surface area contributed by atoms with Gasteiger partial charge >= 0.3 is 0 Å². The van der Waals surface area contributed by atoms with Crippen LogP contribution < -0.4 is 5.73 Å². The smallest absolute Gasteiger partial charge is 0.243 e. The van der Waals surface area contributed by atoms with Crippen molar-refractivity contribution in [1.29, 1.82) is 0 Å². The quantitative estimate of drug-likeness (QED) is 0.858. The molecule has 2 N–H and O–H groups in total. The molecule has 1 aromatic rings. The Balaban J connectivity index is 2.28. The molecule has 0 saturated carbocycles. The highest BCUT2D eigenvalue weighted by atomic mass is 32.2. The highest BCUT2D eigenvalue weighted by molar-refractivity contribution is 7.89. The molecular weight excluding hydrogens is 276 g/mol. The Morgan fingerprint density at radius 1 is 1.45 bits per heavy atom. The number of ether oxygens (including phenoxy) is 1. The van der Waals surface area contributed by atoms with Gasteiger partial charge in [0.25, 0.3) is 0 Å². The number of rotatable bonds is 4. The molecule has 1 aliphatic rings. The molecule has 20 heavy (non-hydrogen) atoms. The predicted molar refractivity (Wildman–Crippen MR) is 79.0 cm³/mol. The van der Waals surface area contributed by atoms with Gasteiger partial charge in [0.1, 0.15) is 0 Å². The van der Waals surface area contributed by atoms with E-state index >= 15 is 0 Å². The van der Waals surface area contributed by atoms with Crippen LogP contribution in [-0.4, -0.2) is 39.0 Å². The van der Waals surface area contributed by atoms with E-state index in [4.69, 9.17) is 10.5 Å². The number of nitrogens with zero attached hydrogens (tertiary/aromatic N) is 1. The lowest BCUT2D eigenvalue weighted by molar-refractivity contribution is 0.0572. The minimum Gasteiger partial charge on any atom is -0.398 e. The van der Waals surface area contributed by atoms with Crippen molar-refractivity contribution in [3.63, 3.8) is 0 Å². The summed E-state index contributed by atoms with van der Waals surface area (Å²) in [6.45, 7) is 2.94. The Morgan fingerprint density at radius 2 is 2.20 bits per heavy atom. The molecule has 0 aliphatic carbocycles. The number of hydrogen-bond donors (Lipinski definition) is 1. The Hall–Kier alpha value is -1.11. The van der Waals surface area contributed by atoms with Crippen LogP contribution in [0.15, 0.2) is 23.1 Å². The van der Waals surface area contributed by atoms with Gasteiger partial charge < -0.3 is 10.5 Å². The number of hydrogen-bond acceptors (Lipinski definition) is 4. The molecule has 0 radical (unpaired) electrons. The largest absolute Gasteiger partial charge is 0.398 e. The lowest BCUT2D eigenvalue weighted by atomic mass is 10.1. The van der Waals surface area contributed by atoms with E-state index in [9.17, 15) is 8.42 Å². The molecular formula is C14H22N2O3S. The summed E-state index contributed by atoms with van der Waals surface area (Å²) < 4.78 is 32.0. The second-order valence-electron chi connectivity index (χ2n) is 5.08. The first-order valence-corrected chi connectivity index (χ1v) is 8.34. The minimum absolute atomic E-state index is 0.0224. The molecule has 2 rings (SSSR count). The Labute approximate surface area is 120 Å². The maximum Gasteiger partial charge on any atom is 0.243 e. The molecule has 0 spiro atoms. The van der Waals surface area contributed by atoms with E-state index in [2.05, 4.69) is 0 Å². The third-order valence-corrected chi connectivity index (χ3v) is 5.67. The Kier molecular flexibility index (Phi) is 4.67. The van der Waals surface area contributed by atoms with Crippen molar-refractivity contribution in [2.45, 2.75) is 37.2 Å². The third-order valence-electron chi connectivity index (χ3n) is 3.81. The van der Waals surface area contributed by atoms with E-state index in [1.807, 2.05) is 6.92 Å². The average molecular weight is 298 g/mol. The minimum atomic E-state index is -3.48. The summed E-state index contributed by atoms with van der Waals surface area (Å²) in [5.74, 6) is 0. The summed E-state index contributed by atoms with van der Waals surface area (Å²) in [7, 11) is -1.86. The van der Waals surface area contributed by atoms with Gasteiger partial charge in [0, 0.05) is 25.9 Å². The van der Waals surface area contributed by atoms with E-state index in [0.717, 1.165) is 24.8 Å². The number of aryl methyl sites for hydroxylation is 1.